The molecule has 0 aliphatic carbocycles. The van der Waals surface area contributed by atoms with Crippen LogP contribution in [0.4, 0.5) is 5.69 Å². The van der Waals surface area contributed by atoms with Crippen molar-refractivity contribution in [2.45, 2.75) is 39.8 Å². The summed E-state index contributed by atoms with van der Waals surface area (Å²) in [7, 11) is 0. The van der Waals surface area contributed by atoms with E-state index in [0.717, 1.165) is 24.3 Å². The predicted octanol–water partition coefficient (Wildman–Crippen LogP) is 2.55. The minimum Gasteiger partial charge on any atom is -0.366 e. The van der Waals surface area contributed by atoms with E-state index in [9.17, 15) is 4.79 Å². The fourth-order valence-electron chi connectivity index (χ4n) is 1.51. The lowest BCUT2D eigenvalue weighted by molar-refractivity contribution is -0.125. The number of carbonyl (C=O) groups excluding carboxylic acids is 1. The van der Waals surface area contributed by atoms with Crippen LogP contribution in [0.15, 0.2) is 24.3 Å². The number of hydrogen-bond donors (Lipinski definition) is 2. The molecule has 4 heteroatoms. The van der Waals surface area contributed by atoms with Crippen molar-refractivity contribution >= 4 is 11.6 Å². The van der Waals surface area contributed by atoms with Crippen LogP contribution < -0.4 is 10.6 Å². The molecule has 0 saturated heterocycles. The zero-order valence-corrected chi connectivity index (χ0v) is 12.2. The summed E-state index contributed by atoms with van der Waals surface area (Å²) in [5, 5.41) is 6.09. The van der Waals surface area contributed by atoms with Crippen molar-refractivity contribution in [2.75, 3.05) is 18.5 Å². The molecule has 4 nitrogen and oxygen atoms in total. The van der Waals surface area contributed by atoms with Gasteiger partial charge in [0, 0.05) is 12.2 Å². The Hall–Kier alpha value is -1.39. The molecule has 0 fully saturated rings. The highest BCUT2D eigenvalue weighted by molar-refractivity contribution is 5.91. The van der Waals surface area contributed by atoms with Crippen molar-refractivity contribution in [3.63, 3.8) is 0 Å². The molecule has 1 rings (SSSR count). The molecule has 0 heterocycles. The summed E-state index contributed by atoms with van der Waals surface area (Å²) in [6, 6.07) is 7.82. The summed E-state index contributed by atoms with van der Waals surface area (Å²) >= 11 is 0. The van der Waals surface area contributed by atoms with Gasteiger partial charge in [-0.05, 0) is 45.0 Å². The average Bonchev–Trinajstić information content (AvgIpc) is 2.33. The molecule has 19 heavy (non-hydrogen) atoms. The van der Waals surface area contributed by atoms with Crippen LogP contribution in [-0.4, -0.2) is 24.7 Å². The van der Waals surface area contributed by atoms with Crippen LogP contribution in [0.3, 0.4) is 0 Å². The fraction of sp³-hybridized carbons (Fsp3) is 0.533. The van der Waals surface area contributed by atoms with Gasteiger partial charge >= 0.3 is 0 Å². The first kappa shape index (κ1) is 15.7. The number of anilines is 1. The minimum absolute atomic E-state index is 0.0704. The third kappa shape index (κ3) is 6.94. The lowest BCUT2D eigenvalue weighted by Gasteiger charge is -2.19. The number of hydrogen-bond acceptors (Lipinski definition) is 3. The van der Waals surface area contributed by atoms with Gasteiger partial charge in [0.1, 0.15) is 6.61 Å². The third-order valence-electron chi connectivity index (χ3n) is 2.43. The molecule has 0 atom stereocenters. The van der Waals surface area contributed by atoms with E-state index in [1.807, 2.05) is 45.0 Å². The molecule has 106 valence electrons. The third-order valence-corrected chi connectivity index (χ3v) is 2.43. The molecular weight excluding hydrogens is 240 g/mol. The molecule has 1 aromatic rings. The summed E-state index contributed by atoms with van der Waals surface area (Å²) < 4.78 is 5.43. The smallest absolute Gasteiger partial charge is 0.250 e. The zero-order valence-electron chi connectivity index (χ0n) is 12.2. The Balaban J connectivity index is 2.49. The van der Waals surface area contributed by atoms with Gasteiger partial charge in [0.15, 0.2) is 0 Å². The SMILES string of the molecule is CCNCc1cccc(NC(=O)COC(C)(C)C)c1. The lowest BCUT2D eigenvalue weighted by Crippen LogP contribution is -2.27. The maximum Gasteiger partial charge on any atom is 0.250 e. The zero-order chi connectivity index (χ0) is 14.3. The summed E-state index contributed by atoms with van der Waals surface area (Å²) in [6.45, 7) is 9.65. The predicted molar refractivity (Wildman–Crippen MR) is 78.2 cm³/mol. The molecule has 0 radical (unpaired) electrons. The van der Waals surface area contributed by atoms with Crippen LogP contribution in [0.2, 0.25) is 0 Å². The summed E-state index contributed by atoms with van der Waals surface area (Å²) in [4.78, 5) is 11.7. The van der Waals surface area contributed by atoms with E-state index in [2.05, 4.69) is 17.6 Å². The molecule has 0 aliphatic rings. The number of benzene rings is 1. The van der Waals surface area contributed by atoms with Crippen LogP contribution >= 0.6 is 0 Å². The van der Waals surface area contributed by atoms with Crippen molar-refractivity contribution in [2.24, 2.45) is 0 Å². The second-order valence-electron chi connectivity index (χ2n) is 5.43. The topological polar surface area (TPSA) is 50.4 Å². The molecule has 0 aliphatic heterocycles. The van der Waals surface area contributed by atoms with Crippen LogP contribution in [0.25, 0.3) is 0 Å². The number of ether oxygens (including phenoxy) is 1. The Kier molecular flexibility index (Phi) is 5.99. The maximum absolute atomic E-state index is 11.7. The highest BCUT2D eigenvalue weighted by Gasteiger charge is 2.12. The van der Waals surface area contributed by atoms with Gasteiger partial charge in [-0.3, -0.25) is 4.79 Å². The highest BCUT2D eigenvalue weighted by Crippen LogP contribution is 2.11. The van der Waals surface area contributed by atoms with E-state index in [0.29, 0.717) is 0 Å². The van der Waals surface area contributed by atoms with Crippen LogP contribution in [0, 0.1) is 0 Å². The van der Waals surface area contributed by atoms with Gasteiger partial charge in [-0.25, -0.2) is 0 Å². The largest absolute Gasteiger partial charge is 0.366 e. The number of amides is 1. The van der Waals surface area contributed by atoms with Crippen LogP contribution in [0.1, 0.15) is 33.3 Å². The van der Waals surface area contributed by atoms with Crippen molar-refractivity contribution < 1.29 is 9.53 Å². The minimum atomic E-state index is -0.301. The standard InChI is InChI=1S/C15H24N2O2/c1-5-16-10-12-7-6-8-13(9-12)17-14(18)11-19-15(2,3)4/h6-9,16H,5,10-11H2,1-4H3,(H,17,18). The molecule has 0 aromatic heterocycles. The quantitative estimate of drug-likeness (QED) is 0.830. The molecule has 0 spiro atoms. The Morgan fingerprint density at radius 2 is 2.05 bits per heavy atom. The maximum atomic E-state index is 11.7. The average molecular weight is 264 g/mol. The van der Waals surface area contributed by atoms with E-state index in [4.69, 9.17) is 4.74 Å². The van der Waals surface area contributed by atoms with Gasteiger partial charge in [0.25, 0.3) is 0 Å². The monoisotopic (exact) mass is 264 g/mol. The van der Waals surface area contributed by atoms with Crippen LogP contribution in [0.5, 0.6) is 0 Å². The Labute approximate surface area is 115 Å². The first-order valence-electron chi connectivity index (χ1n) is 6.64. The Bertz CT molecular complexity index is 411. The molecule has 0 unspecified atom stereocenters. The summed E-state index contributed by atoms with van der Waals surface area (Å²) in [5.41, 5.74) is 1.65. The van der Waals surface area contributed by atoms with Gasteiger partial charge in [0.2, 0.25) is 5.91 Å². The molecule has 2 N–H and O–H groups in total. The van der Waals surface area contributed by atoms with E-state index >= 15 is 0 Å². The molecule has 0 saturated carbocycles. The van der Waals surface area contributed by atoms with Gasteiger partial charge in [0.05, 0.1) is 5.60 Å². The summed E-state index contributed by atoms with van der Waals surface area (Å²) in [6.07, 6.45) is 0. The Morgan fingerprint density at radius 3 is 2.68 bits per heavy atom. The van der Waals surface area contributed by atoms with Gasteiger partial charge in [-0.2, -0.15) is 0 Å². The van der Waals surface area contributed by atoms with Crippen molar-refractivity contribution in [3.05, 3.63) is 29.8 Å². The highest BCUT2D eigenvalue weighted by atomic mass is 16.5. The number of carbonyl (C=O) groups is 1. The summed E-state index contributed by atoms with van der Waals surface area (Å²) in [5.74, 6) is -0.129. The van der Waals surface area contributed by atoms with Crippen molar-refractivity contribution in [1.82, 2.24) is 5.32 Å². The van der Waals surface area contributed by atoms with Gasteiger partial charge < -0.3 is 15.4 Å². The van der Waals surface area contributed by atoms with E-state index in [1.165, 1.54) is 0 Å². The second-order valence-corrected chi connectivity index (χ2v) is 5.43. The normalized spacial score (nSPS) is 11.4. The first-order chi connectivity index (χ1) is 8.90. The molecular formula is C15H24N2O2. The van der Waals surface area contributed by atoms with E-state index < -0.39 is 0 Å². The Morgan fingerprint density at radius 1 is 1.32 bits per heavy atom. The lowest BCUT2D eigenvalue weighted by atomic mass is 10.2. The van der Waals surface area contributed by atoms with Crippen LogP contribution in [-0.2, 0) is 16.1 Å². The molecule has 1 aromatic carbocycles. The number of nitrogens with one attached hydrogen (secondary N) is 2. The second kappa shape index (κ2) is 7.26. The first-order valence-corrected chi connectivity index (χ1v) is 6.64. The van der Waals surface area contributed by atoms with E-state index in [1.54, 1.807) is 0 Å². The van der Waals surface area contributed by atoms with Gasteiger partial charge in [-0.15, -0.1) is 0 Å². The number of rotatable bonds is 6. The van der Waals surface area contributed by atoms with E-state index in [-0.39, 0.29) is 18.1 Å². The molecule has 1 amide bonds. The molecule has 0 bridgehead atoms. The van der Waals surface area contributed by atoms with Gasteiger partial charge in [-0.1, -0.05) is 19.1 Å². The van der Waals surface area contributed by atoms with Crippen molar-refractivity contribution in [3.8, 4) is 0 Å². The fourth-order valence-corrected chi connectivity index (χ4v) is 1.51. The van der Waals surface area contributed by atoms with Crippen molar-refractivity contribution in [1.29, 1.82) is 0 Å².